The van der Waals surface area contributed by atoms with Crippen molar-refractivity contribution in [2.45, 2.75) is 44.2 Å². The first-order chi connectivity index (χ1) is 5.26. The molecule has 2 saturated heterocycles. The summed E-state index contributed by atoms with van der Waals surface area (Å²) in [6.45, 7) is 4.76. The summed E-state index contributed by atoms with van der Waals surface area (Å²) >= 11 is 0. The molecule has 1 atom stereocenters. The molecule has 0 amide bonds. The van der Waals surface area contributed by atoms with Crippen LogP contribution in [0.2, 0.25) is 0 Å². The van der Waals surface area contributed by atoms with Crippen molar-refractivity contribution in [3.05, 3.63) is 0 Å². The predicted octanol–water partition coefficient (Wildman–Crippen LogP) is 0.962. The van der Waals surface area contributed by atoms with Crippen LogP contribution in [-0.4, -0.2) is 29.6 Å². The van der Waals surface area contributed by atoms with Gasteiger partial charge in [-0.3, -0.25) is 4.90 Å². The Bertz CT molecular complexity index is 144. The maximum absolute atomic E-state index is 6.03. The minimum Gasteiger partial charge on any atom is -0.326 e. The van der Waals surface area contributed by atoms with Gasteiger partial charge in [-0.25, -0.2) is 0 Å². The lowest BCUT2D eigenvalue weighted by Gasteiger charge is -2.35. The van der Waals surface area contributed by atoms with Crippen molar-refractivity contribution < 1.29 is 0 Å². The Morgan fingerprint density at radius 2 is 1.82 bits per heavy atom. The van der Waals surface area contributed by atoms with Crippen LogP contribution in [0.25, 0.3) is 0 Å². The van der Waals surface area contributed by atoms with Crippen molar-refractivity contribution in [3.8, 4) is 0 Å². The van der Waals surface area contributed by atoms with Crippen molar-refractivity contribution in [3.63, 3.8) is 0 Å². The molecule has 2 N–H and O–H groups in total. The van der Waals surface area contributed by atoms with Crippen molar-refractivity contribution in [1.82, 2.24) is 4.90 Å². The highest BCUT2D eigenvalue weighted by atomic mass is 15.3. The van der Waals surface area contributed by atoms with Crippen LogP contribution in [0.4, 0.5) is 0 Å². The van der Waals surface area contributed by atoms with E-state index in [-0.39, 0.29) is 0 Å². The van der Waals surface area contributed by atoms with Gasteiger partial charge in [0.2, 0.25) is 0 Å². The van der Waals surface area contributed by atoms with E-state index in [1.807, 2.05) is 0 Å². The molecule has 2 heteroatoms. The number of nitrogens with two attached hydrogens (primary N) is 1. The highest BCUT2D eigenvalue weighted by molar-refractivity contribution is 5.04. The molecule has 0 bridgehead atoms. The molecule has 2 aliphatic heterocycles. The van der Waals surface area contributed by atoms with Gasteiger partial charge < -0.3 is 5.73 Å². The number of rotatable bonds is 1. The summed E-state index contributed by atoms with van der Waals surface area (Å²) < 4.78 is 0. The molecule has 0 aromatic rings. The van der Waals surface area contributed by atoms with Crippen LogP contribution < -0.4 is 5.73 Å². The zero-order valence-electron chi connectivity index (χ0n) is 7.34. The van der Waals surface area contributed by atoms with Gasteiger partial charge in [-0.2, -0.15) is 0 Å². The van der Waals surface area contributed by atoms with Crippen molar-refractivity contribution in [2.75, 3.05) is 13.1 Å². The SMILES string of the molecule is CC(N)C12CCCN1CCC2. The number of hydrogen-bond acceptors (Lipinski definition) is 2. The van der Waals surface area contributed by atoms with Crippen LogP contribution in [0.1, 0.15) is 32.6 Å². The van der Waals surface area contributed by atoms with Crippen LogP contribution in [0, 0.1) is 0 Å². The third kappa shape index (κ3) is 0.926. The molecular weight excluding hydrogens is 136 g/mol. The van der Waals surface area contributed by atoms with E-state index in [0.29, 0.717) is 11.6 Å². The average Bonchev–Trinajstić information content (AvgIpc) is 2.40. The molecule has 1 unspecified atom stereocenters. The minimum absolute atomic E-state index is 0.368. The zero-order valence-corrected chi connectivity index (χ0v) is 7.34. The van der Waals surface area contributed by atoms with Gasteiger partial charge in [-0.15, -0.1) is 0 Å². The van der Waals surface area contributed by atoms with Crippen molar-refractivity contribution >= 4 is 0 Å². The Kier molecular flexibility index (Phi) is 1.69. The molecule has 2 heterocycles. The fourth-order valence-corrected chi connectivity index (χ4v) is 2.89. The first-order valence-corrected chi connectivity index (χ1v) is 4.76. The molecule has 2 aliphatic rings. The smallest absolute Gasteiger partial charge is 0.0358 e. The first kappa shape index (κ1) is 7.56. The summed E-state index contributed by atoms with van der Waals surface area (Å²) in [6.07, 6.45) is 5.40. The second-order valence-corrected chi connectivity index (χ2v) is 4.09. The van der Waals surface area contributed by atoms with Crippen molar-refractivity contribution in [1.29, 1.82) is 0 Å². The van der Waals surface area contributed by atoms with Gasteiger partial charge in [0, 0.05) is 11.6 Å². The molecule has 64 valence electrons. The molecule has 0 radical (unpaired) electrons. The third-order valence-corrected chi connectivity index (χ3v) is 3.55. The minimum atomic E-state index is 0.368. The van der Waals surface area contributed by atoms with Crippen LogP contribution in [0.5, 0.6) is 0 Å². The lowest BCUT2D eigenvalue weighted by atomic mass is 9.87. The standard InChI is InChI=1S/C9H18N2/c1-8(10)9-4-2-6-11(9)7-3-5-9/h8H,2-7,10H2,1H3. The highest BCUT2D eigenvalue weighted by Gasteiger charge is 2.46. The van der Waals surface area contributed by atoms with Gasteiger partial charge in [0.05, 0.1) is 0 Å². The van der Waals surface area contributed by atoms with Gasteiger partial charge in [0.25, 0.3) is 0 Å². The molecule has 0 aromatic carbocycles. The molecule has 11 heavy (non-hydrogen) atoms. The monoisotopic (exact) mass is 154 g/mol. The van der Waals surface area contributed by atoms with E-state index >= 15 is 0 Å². The van der Waals surface area contributed by atoms with Gasteiger partial charge in [-0.05, 0) is 45.7 Å². The molecule has 2 nitrogen and oxygen atoms in total. The second kappa shape index (κ2) is 2.46. The van der Waals surface area contributed by atoms with Crippen molar-refractivity contribution in [2.24, 2.45) is 5.73 Å². The second-order valence-electron chi connectivity index (χ2n) is 4.09. The Balaban J connectivity index is 2.20. The lowest BCUT2D eigenvalue weighted by molar-refractivity contribution is 0.166. The van der Waals surface area contributed by atoms with E-state index in [9.17, 15) is 0 Å². The summed E-state index contributed by atoms with van der Waals surface area (Å²) in [7, 11) is 0. The fourth-order valence-electron chi connectivity index (χ4n) is 2.89. The summed E-state index contributed by atoms with van der Waals surface area (Å²) in [5, 5.41) is 0. The van der Waals surface area contributed by atoms with E-state index in [4.69, 9.17) is 5.73 Å². The van der Waals surface area contributed by atoms with Crippen LogP contribution in [0.3, 0.4) is 0 Å². The van der Waals surface area contributed by atoms with E-state index in [0.717, 1.165) is 0 Å². The summed E-state index contributed by atoms with van der Waals surface area (Å²) in [6, 6.07) is 0.368. The maximum Gasteiger partial charge on any atom is 0.0358 e. The third-order valence-electron chi connectivity index (χ3n) is 3.55. The van der Waals surface area contributed by atoms with E-state index in [2.05, 4.69) is 11.8 Å². The number of fused-ring (bicyclic) bond motifs is 1. The molecule has 0 saturated carbocycles. The molecule has 0 aromatic heterocycles. The van der Waals surface area contributed by atoms with Crippen LogP contribution >= 0.6 is 0 Å². The van der Waals surface area contributed by atoms with Crippen LogP contribution in [0.15, 0.2) is 0 Å². The largest absolute Gasteiger partial charge is 0.326 e. The van der Waals surface area contributed by atoms with E-state index in [1.54, 1.807) is 0 Å². The molecular formula is C9H18N2. The molecule has 0 aliphatic carbocycles. The quantitative estimate of drug-likeness (QED) is 0.609. The van der Waals surface area contributed by atoms with Gasteiger partial charge in [-0.1, -0.05) is 0 Å². The Morgan fingerprint density at radius 3 is 2.18 bits per heavy atom. The fraction of sp³-hybridized carbons (Fsp3) is 1.00. The Labute approximate surface area is 68.7 Å². The Morgan fingerprint density at radius 1 is 1.27 bits per heavy atom. The van der Waals surface area contributed by atoms with Gasteiger partial charge in [0.1, 0.15) is 0 Å². The number of hydrogen-bond donors (Lipinski definition) is 1. The summed E-state index contributed by atoms with van der Waals surface area (Å²) in [4.78, 5) is 2.61. The number of nitrogens with zero attached hydrogens (tertiary/aromatic N) is 1. The summed E-state index contributed by atoms with van der Waals surface area (Å²) in [5.41, 5.74) is 6.45. The zero-order chi connectivity index (χ0) is 7.90. The topological polar surface area (TPSA) is 29.3 Å². The predicted molar refractivity (Wildman–Crippen MR) is 46.4 cm³/mol. The molecule has 2 fully saturated rings. The van der Waals surface area contributed by atoms with Gasteiger partial charge in [0.15, 0.2) is 0 Å². The van der Waals surface area contributed by atoms with Crippen LogP contribution in [-0.2, 0) is 0 Å². The Hall–Kier alpha value is -0.0800. The molecule has 2 rings (SSSR count). The maximum atomic E-state index is 6.03. The normalized spacial score (nSPS) is 32.2. The highest BCUT2D eigenvalue weighted by Crippen LogP contribution is 2.40. The summed E-state index contributed by atoms with van der Waals surface area (Å²) in [5.74, 6) is 0. The molecule has 0 spiro atoms. The average molecular weight is 154 g/mol. The van der Waals surface area contributed by atoms with E-state index < -0.39 is 0 Å². The van der Waals surface area contributed by atoms with E-state index in [1.165, 1.54) is 38.8 Å². The first-order valence-electron chi connectivity index (χ1n) is 4.76. The lowest BCUT2D eigenvalue weighted by Crippen LogP contribution is -2.51. The van der Waals surface area contributed by atoms with Gasteiger partial charge >= 0.3 is 0 Å².